The van der Waals surface area contributed by atoms with Crippen molar-refractivity contribution >= 4 is 23.3 Å². The van der Waals surface area contributed by atoms with Crippen molar-refractivity contribution in [2.75, 3.05) is 0 Å². The highest BCUT2D eigenvalue weighted by Crippen LogP contribution is 2.17. The van der Waals surface area contributed by atoms with Gasteiger partial charge < -0.3 is 0 Å². The Morgan fingerprint density at radius 3 is 1.20 bits per heavy atom. The van der Waals surface area contributed by atoms with E-state index in [1.807, 2.05) is 66.9 Å². The highest BCUT2D eigenvalue weighted by atomic mass is 14.8. The number of hydrogen-bond donors (Lipinski definition) is 0. The Kier molecular flexibility index (Phi) is 26.0. The second-order valence-electron chi connectivity index (χ2n) is 13.1. The average molecular weight is 613 g/mol. The molecule has 0 unspecified atom stereocenters. The summed E-state index contributed by atoms with van der Waals surface area (Å²) in [6.07, 6.45) is 43.3. The van der Waals surface area contributed by atoms with Gasteiger partial charge in [-0.05, 0) is 43.2 Å². The number of nitrogens with zero attached hydrogens (tertiary/aromatic N) is 2. The minimum Gasteiger partial charge on any atom is -0.255 e. The van der Waals surface area contributed by atoms with Crippen molar-refractivity contribution in [3.05, 3.63) is 72.8 Å². The van der Waals surface area contributed by atoms with Crippen molar-refractivity contribution in [2.45, 2.75) is 174 Å². The summed E-state index contributed by atoms with van der Waals surface area (Å²) in [6, 6.07) is 20.2. The third-order valence-corrected chi connectivity index (χ3v) is 8.88. The van der Waals surface area contributed by atoms with Crippen molar-refractivity contribution in [3.8, 4) is 0 Å². The fourth-order valence-corrected chi connectivity index (χ4v) is 6.02. The van der Waals surface area contributed by atoms with Crippen LogP contribution in [0, 0.1) is 0 Å². The lowest BCUT2D eigenvalue weighted by atomic mass is 10.0. The number of hydrogen-bond acceptors (Lipinski definition) is 2. The highest BCUT2D eigenvalue weighted by Gasteiger charge is 1.97. The van der Waals surface area contributed by atoms with Crippen LogP contribution in [-0.2, 0) is 0 Å². The first kappa shape index (κ1) is 38.7. The predicted molar refractivity (Wildman–Crippen MR) is 203 cm³/mol. The Morgan fingerprint density at radius 2 is 0.800 bits per heavy atom. The van der Waals surface area contributed by atoms with Crippen LogP contribution in [0.1, 0.15) is 174 Å². The lowest BCUT2D eigenvalue weighted by Crippen LogP contribution is -1.94. The molecular formula is C43H68N2. The SMILES string of the molecule is CCCCCCCCCCCCCCCCCCCCCCCCCCCC=CC(C=Nc1ccccc1)=Nc1ccccc1. The zero-order valence-electron chi connectivity index (χ0n) is 29.3. The third-order valence-electron chi connectivity index (χ3n) is 8.88. The molecule has 0 N–H and O–H groups in total. The first-order valence-electron chi connectivity index (χ1n) is 19.3. The van der Waals surface area contributed by atoms with E-state index in [2.05, 4.69) is 24.1 Å². The van der Waals surface area contributed by atoms with E-state index in [4.69, 9.17) is 4.99 Å². The molecule has 0 aromatic heterocycles. The topological polar surface area (TPSA) is 24.7 Å². The summed E-state index contributed by atoms with van der Waals surface area (Å²) in [5.41, 5.74) is 2.80. The molecule has 0 heterocycles. The molecule has 0 aliphatic carbocycles. The lowest BCUT2D eigenvalue weighted by Gasteiger charge is -2.04. The Balaban J connectivity index is 1.35. The van der Waals surface area contributed by atoms with Crippen LogP contribution in [0.2, 0.25) is 0 Å². The summed E-state index contributed by atoms with van der Waals surface area (Å²) in [5.74, 6) is 0. The minimum absolute atomic E-state index is 0.893. The Bertz CT molecular complexity index is 975. The van der Waals surface area contributed by atoms with Gasteiger partial charge in [0.1, 0.15) is 0 Å². The van der Waals surface area contributed by atoms with Crippen LogP contribution in [0.5, 0.6) is 0 Å². The standard InChI is InChI=1S/C43H68N2/c1-2-3-4-5-6-7-8-9-10-11-12-13-14-15-16-17-18-19-20-21-22-23-24-25-26-27-30-39-43(45-42-37-33-29-34-38-42)40-44-41-35-31-28-32-36-41/h28-40H,2-27H2,1H3. The molecule has 0 radical (unpaired) electrons. The smallest absolute Gasteiger partial charge is 0.0816 e. The summed E-state index contributed by atoms with van der Waals surface area (Å²) in [4.78, 5) is 9.40. The van der Waals surface area contributed by atoms with E-state index in [1.54, 1.807) is 0 Å². The quantitative estimate of drug-likeness (QED) is 0.0619. The van der Waals surface area contributed by atoms with Gasteiger partial charge in [0.15, 0.2) is 0 Å². The van der Waals surface area contributed by atoms with Crippen LogP contribution in [0.15, 0.2) is 82.8 Å². The predicted octanol–water partition coefficient (Wildman–Crippen LogP) is 14.9. The van der Waals surface area contributed by atoms with E-state index >= 15 is 0 Å². The van der Waals surface area contributed by atoms with Crippen LogP contribution < -0.4 is 0 Å². The van der Waals surface area contributed by atoms with Crippen LogP contribution in [-0.4, -0.2) is 11.9 Å². The van der Waals surface area contributed by atoms with Gasteiger partial charge in [-0.1, -0.05) is 203 Å². The number of para-hydroxylation sites is 2. The molecule has 250 valence electrons. The van der Waals surface area contributed by atoms with Gasteiger partial charge in [0.2, 0.25) is 0 Å². The van der Waals surface area contributed by atoms with Gasteiger partial charge >= 0.3 is 0 Å². The molecule has 2 rings (SSSR count). The summed E-state index contributed by atoms with van der Waals surface area (Å²) >= 11 is 0. The maximum atomic E-state index is 4.79. The van der Waals surface area contributed by atoms with Crippen LogP contribution in [0.3, 0.4) is 0 Å². The summed E-state index contributed by atoms with van der Waals surface area (Å²) < 4.78 is 0. The number of aliphatic imine (C=N–C) groups is 2. The first-order chi connectivity index (χ1) is 22.4. The molecule has 0 atom stereocenters. The van der Waals surface area contributed by atoms with Crippen LogP contribution >= 0.6 is 0 Å². The largest absolute Gasteiger partial charge is 0.255 e. The molecule has 0 amide bonds. The normalized spacial score (nSPS) is 12.2. The average Bonchev–Trinajstić information content (AvgIpc) is 3.07. The van der Waals surface area contributed by atoms with Crippen molar-refractivity contribution < 1.29 is 0 Å². The molecule has 2 aromatic rings. The monoisotopic (exact) mass is 613 g/mol. The van der Waals surface area contributed by atoms with Crippen molar-refractivity contribution in [3.63, 3.8) is 0 Å². The fourth-order valence-electron chi connectivity index (χ4n) is 6.02. The van der Waals surface area contributed by atoms with Gasteiger partial charge in [-0.15, -0.1) is 0 Å². The molecule has 0 fully saturated rings. The molecule has 45 heavy (non-hydrogen) atoms. The molecule has 2 heteroatoms. The van der Waals surface area contributed by atoms with Crippen LogP contribution in [0.4, 0.5) is 11.4 Å². The van der Waals surface area contributed by atoms with Gasteiger partial charge in [-0.2, -0.15) is 0 Å². The minimum atomic E-state index is 0.893. The zero-order valence-corrected chi connectivity index (χ0v) is 29.3. The maximum absolute atomic E-state index is 4.79. The van der Waals surface area contributed by atoms with Gasteiger partial charge in [0.25, 0.3) is 0 Å². The van der Waals surface area contributed by atoms with Gasteiger partial charge in [0, 0.05) is 0 Å². The Morgan fingerprint density at radius 1 is 0.444 bits per heavy atom. The first-order valence-corrected chi connectivity index (χ1v) is 19.3. The highest BCUT2D eigenvalue weighted by molar-refractivity contribution is 6.36. The number of allylic oxidation sites excluding steroid dienone is 2. The third kappa shape index (κ3) is 24.4. The molecular weight excluding hydrogens is 544 g/mol. The van der Waals surface area contributed by atoms with Crippen LogP contribution in [0.25, 0.3) is 0 Å². The second-order valence-corrected chi connectivity index (χ2v) is 13.1. The molecule has 0 saturated heterocycles. The molecule has 0 spiro atoms. The van der Waals surface area contributed by atoms with Crippen molar-refractivity contribution in [1.82, 2.24) is 0 Å². The number of unbranched alkanes of at least 4 members (excludes halogenated alkanes) is 25. The molecule has 0 aliphatic heterocycles. The van der Waals surface area contributed by atoms with Crippen molar-refractivity contribution in [2.24, 2.45) is 9.98 Å². The fraction of sp³-hybridized carbons (Fsp3) is 0.628. The number of rotatable bonds is 30. The van der Waals surface area contributed by atoms with E-state index in [0.29, 0.717) is 0 Å². The molecule has 2 aromatic carbocycles. The van der Waals surface area contributed by atoms with Crippen molar-refractivity contribution in [1.29, 1.82) is 0 Å². The van der Waals surface area contributed by atoms with Gasteiger partial charge in [-0.3, -0.25) is 4.99 Å². The summed E-state index contributed by atoms with van der Waals surface area (Å²) in [5, 5.41) is 0. The zero-order chi connectivity index (χ0) is 31.7. The molecule has 0 saturated carbocycles. The van der Waals surface area contributed by atoms with E-state index < -0.39 is 0 Å². The number of benzene rings is 2. The van der Waals surface area contributed by atoms with E-state index in [9.17, 15) is 0 Å². The summed E-state index contributed by atoms with van der Waals surface area (Å²) in [7, 11) is 0. The van der Waals surface area contributed by atoms with Gasteiger partial charge in [0.05, 0.1) is 23.3 Å². The second kappa shape index (κ2) is 30.2. The lowest BCUT2D eigenvalue weighted by molar-refractivity contribution is 0.516. The Hall–Kier alpha value is -2.48. The van der Waals surface area contributed by atoms with E-state index in [0.717, 1.165) is 23.5 Å². The summed E-state index contributed by atoms with van der Waals surface area (Å²) in [6.45, 7) is 2.30. The molecule has 2 nitrogen and oxygen atoms in total. The van der Waals surface area contributed by atoms with Gasteiger partial charge in [-0.25, -0.2) is 4.99 Å². The van der Waals surface area contributed by atoms with E-state index in [1.165, 1.54) is 161 Å². The molecule has 0 aliphatic rings. The maximum Gasteiger partial charge on any atom is 0.0816 e. The molecule has 0 bridgehead atoms. The van der Waals surface area contributed by atoms with E-state index in [-0.39, 0.29) is 0 Å². The Labute approximate surface area is 279 Å².